The highest BCUT2D eigenvalue weighted by Crippen LogP contribution is 2.33. The summed E-state index contributed by atoms with van der Waals surface area (Å²) in [6.07, 6.45) is 2.61. The zero-order chi connectivity index (χ0) is 6.20. The molecule has 0 radical (unpaired) electrons. The summed E-state index contributed by atoms with van der Waals surface area (Å²) in [6, 6.07) is 0. The third-order valence-electron chi connectivity index (χ3n) is 1.53. The summed E-state index contributed by atoms with van der Waals surface area (Å²) in [5.74, 6) is 0. The van der Waals surface area contributed by atoms with Crippen LogP contribution in [0.2, 0.25) is 0 Å². The Hall–Kier alpha value is -0.0800. The molecule has 8 heavy (non-hydrogen) atoms. The largest absolute Gasteiger partial charge is 0.351 e. The summed E-state index contributed by atoms with van der Waals surface area (Å²) >= 11 is 0. The minimum atomic E-state index is -0.282. The molecule has 48 valence electrons. The number of hydrogen-bond acceptors (Lipinski definition) is 2. The van der Waals surface area contributed by atoms with Crippen LogP contribution in [0.4, 0.5) is 0 Å². The lowest BCUT2D eigenvalue weighted by Crippen LogP contribution is -2.21. The third kappa shape index (κ3) is 1.01. The van der Waals surface area contributed by atoms with Gasteiger partial charge in [0.25, 0.3) is 0 Å². The first kappa shape index (κ1) is 6.05. The average Bonchev–Trinajstić information content (AvgIpc) is 2.15. The minimum Gasteiger partial charge on any atom is -0.351 e. The number of hydrogen-bond donors (Lipinski definition) is 1. The van der Waals surface area contributed by atoms with Gasteiger partial charge in [0, 0.05) is 0 Å². The third-order valence-corrected chi connectivity index (χ3v) is 1.53. The van der Waals surface area contributed by atoms with Crippen LogP contribution in [0.5, 0.6) is 0 Å². The van der Waals surface area contributed by atoms with Crippen LogP contribution in [0.3, 0.4) is 0 Å². The van der Waals surface area contributed by atoms with E-state index in [9.17, 15) is 0 Å². The first-order valence-corrected chi connectivity index (χ1v) is 3.13. The van der Waals surface area contributed by atoms with Crippen molar-refractivity contribution in [2.24, 2.45) is 5.73 Å². The SMILES string of the molecule is CCCC1OC1(C)N. The van der Waals surface area contributed by atoms with Crippen molar-refractivity contribution in [3.63, 3.8) is 0 Å². The molecule has 2 atom stereocenters. The van der Waals surface area contributed by atoms with Gasteiger partial charge in [0.05, 0.1) is 0 Å². The van der Waals surface area contributed by atoms with Gasteiger partial charge in [-0.15, -0.1) is 0 Å². The van der Waals surface area contributed by atoms with Crippen LogP contribution in [0.1, 0.15) is 26.7 Å². The van der Waals surface area contributed by atoms with Crippen LogP contribution < -0.4 is 5.73 Å². The molecule has 1 saturated heterocycles. The molecule has 2 heteroatoms. The van der Waals surface area contributed by atoms with E-state index in [1.165, 1.54) is 0 Å². The number of rotatable bonds is 2. The fraction of sp³-hybridized carbons (Fsp3) is 1.00. The van der Waals surface area contributed by atoms with E-state index in [0.29, 0.717) is 6.10 Å². The maximum atomic E-state index is 5.57. The summed E-state index contributed by atoms with van der Waals surface area (Å²) in [5, 5.41) is 0. The number of epoxide rings is 1. The highest BCUT2D eigenvalue weighted by molar-refractivity contribution is 4.92. The Morgan fingerprint density at radius 1 is 1.75 bits per heavy atom. The van der Waals surface area contributed by atoms with Gasteiger partial charge in [-0.1, -0.05) is 13.3 Å². The Kier molecular flexibility index (Phi) is 1.29. The summed E-state index contributed by atoms with van der Waals surface area (Å²) in [4.78, 5) is 0. The summed E-state index contributed by atoms with van der Waals surface area (Å²) in [6.45, 7) is 4.06. The van der Waals surface area contributed by atoms with Crippen LogP contribution >= 0.6 is 0 Å². The van der Waals surface area contributed by atoms with E-state index in [-0.39, 0.29) is 5.72 Å². The van der Waals surface area contributed by atoms with E-state index in [0.717, 1.165) is 12.8 Å². The van der Waals surface area contributed by atoms with Crippen molar-refractivity contribution in [2.45, 2.75) is 38.5 Å². The molecular formula is C6H13NO. The second-order valence-electron chi connectivity index (χ2n) is 2.58. The van der Waals surface area contributed by atoms with Crippen molar-refractivity contribution in [3.8, 4) is 0 Å². The molecule has 1 aliphatic rings. The van der Waals surface area contributed by atoms with Gasteiger partial charge < -0.3 is 10.5 Å². The van der Waals surface area contributed by atoms with Gasteiger partial charge in [-0.05, 0) is 13.3 Å². The highest BCUT2D eigenvalue weighted by Gasteiger charge is 2.47. The Balaban J connectivity index is 2.17. The van der Waals surface area contributed by atoms with Crippen molar-refractivity contribution in [1.82, 2.24) is 0 Å². The molecule has 0 aromatic rings. The normalized spacial score (nSPS) is 44.6. The zero-order valence-corrected chi connectivity index (χ0v) is 5.48. The molecule has 2 nitrogen and oxygen atoms in total. The van der Waals surface area contributed by atoms with Crippen LogP contribution in [0.15, 0.2) is 0 Å². The predicted molar refractivity (Wildman–Crippen MR) is 32.4 cm³/mol. The van der Waals surface area contributed by atoms with Gasteiger partial charge in [-0.3, -0.25) is 0 Å². The standard InChI is InChI=1S/C6H13NO/c1-3-4-5-6(2,7)8-5/h5H,3-4,7H2,1-2H3. The zero-order valence-electron chi connectivity index (χ0n) is 5.48. The smallest absolute Gasteiger partial charge is 0.140 e. The number of ether oxygens (including phenoxy) is 1. The van der Waals surface area contributed by atoms with E-state index in [1.54, 1.807) is 0 Å². The molecule has 0 aliphatic carbocycles. The van der Waals surface area contributed by atoms with Gasteiger partial charge in [-0.25, -0.2) is 0 Å². The lowest BCUT2D eigenvalue weighted by Gasteiger charge is -1.91. The average molecular weight is 115 g/mol. The number of nitrogens with two attached hydrogens (primary N) is 1. The van der Waals surface area contributed by atoms with Gasteiger partial charge in [-0.2, -0.15) is 0 Å². The first-order valence-electron chi connectivity index (χ1n) is 3.13. The van der Waals surface area contributed by atoms with Crippen molar-refractivity contribution in [2.75, 3.05) is 0 Å². The quantitative estimate of drug-likeness (QED) is 0.542. The molecule has 1 aliphatic heterocycles. The van der Waals surface area contributed by atoms with Gasteiger partial charge in [0.15, 0.2) is 0 Å². The van der Waals surface area contributed by atoms with Crippen molar-refractivity contribution in [1.29, 1.82) is 0 Å². The molecule has 0 aromatic carbocycles. The fourth-order valence-corrected chi connectivity index (χ4v) is 0.880. The molecule has 0 bridgehead atoms. The molecule has 2 N–H and O–H groups in total. The molecule has 0 aromatic heterocycles. The Morgan fingerprint density at radius 2 is 2.25 bits per heavy atom. The van der Waals surface area contributed by atoms with Crippen LogP contribution in [-0.2, 0) is 4.74 Å². The van der Waals surface area contributed by atoms with Gasteiger partial charge >= 0.3 is 0 Å². The maximum Gasteiger partial charge on any atom is 0.140 e. The first-order chi connectivity index (χ1) is 3.67. The Labute approximate surface area is 50.0 Å². The summed E-state index contributed by atoms with van der Waals surface area (Å²) < 4.78 is 5.12. The second-order valence-corrected chi connectivity index (χ2v) is 2.58. The monoisotopic (exact) mass is 115 g/mol. The molecule has 1 rings (SSSR count). The molecular weight excluding hydrogens is 102 g/mol. The molecule has 2 unspecified atom stereocenters. The molecule has 1 fully saturated rings. The summed E-state index contributed by atoms with van der Waals surface area (Å²) in [7, 11) is 0. The van der Waals surface area contributed by atoms with Crippen molar-refractivity contribution in [3.05, 3.63) is 0 Å². The van der Waals surface area contributed by atoms with Crippen LogP contribution in [0.25, 0.3) is 0 Å². The van der Waals surface area contributed by atoms with Crippen molar-refractivity contribution < 1.29 is 4.74 Å². The molecule has 0 amide bonds. The van der Waals surface area contributed by atoms with Gasteiger partial charge in [0.2, 0.25) is 0 Å². The fourth-order valence-electron chi connectivity index (χ4n) is 0.880. The molecule has 1 heterocycles. The van der Waals surface area contributed by atoms with Crippen LogP contribution in [-0.4, -0.2) is 11.8 Å². The van der Waals surface area contributed by atoms with E-state index < -0.39 is 0 Å². The highest BCUT2D eigenvalue weighted by atomic mass is 16.6. The van der Waals surface area contributed by atoms with E-state index in [2.05, 4.69) is 6.92 Å². The second kappa shape index (κ2) is 1.71. The molecule has 0 saturated carbocycles. The van der Waals surface area contributed by atoms with Crippen LogP contribution in [0, 0.1) is 0 Å². The molecule has 0 spiro atoms. The Bertz CT molecular complexity index is 90.5. The minimum absolute atomic E-state index is 0.282. The lowest BCUT2D eigenvalue weighted by atomic mass is 10.2. The van der Waals surface area contributed by atoms with E-state index >= 15 is 0 Å². The van der Waals surface area contributed by atoms with Gasteiger partial charge in [0.1, 0.15) is 11.8 Å². The Morgan fingerprint density at radius 3 is 2.38 bits per heavy atom. The van der Waals surface area contributed by atoms with E-state index in [4.69, 9.17) is 10.5 Å². The maximum absolute atomic E-state index is 5.57. The van der Waals surface area contributed by atoms with E-state index in [1.807, 2.05) is 6.92 Å². The summed E-state index contributed by atoms with van der Waals surface area (Å²) in [5.41, 5.74) is 5.29. The topological polar surface area (TPSA) is 38.5 Å². The van der Waals surface area contributed by atoms with Crippen molar-refractivity contribution >= 4 is 0 Å². The lowest BCUT2D eigenvalue weighted by molar-refractivity contribution is 0.310. The predicted octanol–water partition coefficient (Wildman–Crippen LogP) is 0.860.